The Kier molecular flexibility index (Phi) is 9.73. The number of ether oxygens (including phenoxy) is 1. The van der Waals surface area contributed by atoms with Crippen LogP contribution in [0.5, 0.6) is 0 Å². The SMILES string of the molecule is CCC(C)C(=N/C(Cl)=C\C(C)=Nc1cc(C)[nH]n1)Sc1ccc(NC(=O)OC(C)(C)C)cc1. The molecule has 0 aliphatic carbocycles. The third kappa shape index (κ3) is 9.84. The van der Waals surface area contributed by atoms with E-state index in [2.05, 4.69) is 39.3 Å². The number of aryl methyl sites for hydroxylation is 1. The number of aromatic nitrogens is 2. The summed E-state index contributed by atoms with van der Waals surface area (Å²) in [5, 5.41) is 11.0. The lowest BCUT2D eigenvalue weighted by Gasteiger charge is -2.19. The molecule has 9 heteroatoms. The van der Waals surface area contributed by atoms with Crippen molar-refractivity contribution in [2.24, 2.45) is 15.9 Å². The summed E-state index contributed by atoms with van der Waals surface area (Å²) in [5.74, 6) is 0.828. The number of anilines is 1. The molecule has 2 aromatic rings. The lowest BCUT2D eigenvalue weighted by molar-refractivity contribution is 0.0636. The zero-order chi connectivity index (χ0) is 24.6. The fourth-order valence-corrected chi connectivity index (χ4v) is 3.87. The van der Waals surface area contributed by atoms with Gasteiger partial charge in [0.2, 0.25) is 0 Å². The van der Waals surface area contributed by atoms with Crippen LogP contribution in [0.4, 0.5) is 16.3 Å². The minimum Gasteiger partial charge on any atom is -0.444 e. The second kappa shape index (κ2) is 12.0. The van der Waals surface area contributed by atoms with Gasteiger partial charge in [0.05, 0.1) is 5.04 Å². The van der Waals surface area contributed by atoms with Crippen LogP contribution >= 0.6 is 23.4 Å². The van der Waals surface area contributed by atoms with E-state index in [0.717, 1.165) is 22.1 Å². The van der Waals surface area contributed by atoms with Crippen molar-refractivity contribution < 1.29 is 9.53 Å². The van der Waals surface area contributed by atoms with Gasteiger partial charge in [-0.3, -0.25) is 10.4 Å². The highest BCUT2D eigenvalue weighted by molar-refractivity contribution is 8.14. The van der Waals surface area contributed by atoms with Gasteiger partial charge in [0, 0.05) is 34.0 Å². The molecule has 0 saturated heterocycles. The van der Waals surface area contributed by atoms with E-state index in [1.165, 1.54) is 0 Å². The number of carbonyl (C=O) groups is 1. The Bertz CT molecular complexity index is 1040. The number of carbonyl (C=O) groups excluding carboxylic acids is 1. The molecule has 2 rings (SSSR count). The molecular weight excluding hydrogens is 458 g/mol. The molecule has 0 bridgehead atoms. The number of rotatable bonds is 7. The van der Waals surface area contributed by atoms with Crippen LogP contribution < -0.4 is 5.32 Å². The standard InChI is InChI=1S/C24H32ClN5O2S/c1-8-15(2)22(28-20(25)13-16(3)26-21-14-17(4)29-30-21)33-19-11-9-18(10-12-19)27-23(31)32-24(5,6)7/h9-15H,8H2,1-7H3,(H,27,31)(H,29,30)/b20-13-,26-16?,28-22?. The number of amides is 1. The average molecular weight is 490 g/mol. The van der Waals surface area contributed by atoms with Crippen molar-refractivity contribution in [2.75, 3.05) is 5.32 Å². The molecule has 0 saturated carbocycles. The third-order valence-corrected chi connectivity index (χ3v) is 5.69. The minimum atomic E-state index is -0.547. The summed E-state index contributed by atoms with van der Waals surface area (Å²) in [4.78, 5) is 22.0. The van der Waals surface area contributed by atoms with Crippen LogP contribution in [0.1, 0.15) is 53.7 Å². The second-order valence-corrected chi connectivity index (χ2v) is 10.1. The molecule has 1 atom stereocenters. The highest BCUT2D eigenvalue weighted by Gasteiger charge is 2.16. The van der Waals surface area contributed by atoms with E-state index < -0.39 is 11.7 Å². The van der Waals surface area contributed by atoms with Crippen molar-refractivity contribution in [1.82, 2.24) is 10.2 Å². The Morgan fingerprint density at radius 1 is 1.33 bits per heavy atom. The monoisotopic (exact) mass is 489 g/mol. The van der Waals surface area contributed by atoms with E-state index in [4.69, 9.17) is 16.3 Å². The molecule has 1 heterocycles. The molecule has 0 spiro atoms. The predicted octanol–water partition coefficient (Wildman–Crippen LogP) is 7.47. The first-order valence-electron chi connectivity index (χ1n) is 10.8. The molecule has 0 aliphatic rings. The molecule has 0 fully saturated rings. The molecule has 0 radical (unpaired) electrons. The van der Waals surface area contributed by atoms with Gasteiger partial charge < -0.3 is 4.74 Å². The largest absolute Gasteiger partial charge is 0.444 e. The van der Waals surface area contributed by atoms with Crippen LogP contribution in [0.3, 0.4) is 0 Å². The van der Waals surface area contributed by atoms with Crippen LogP contribution in [0.15, 0.2) is 56.4 Å². The zero-order valence-electron chi connectivity index (χ0n) is 20.2. The van der Waals surface area contributed by atoms with Gasteiger partial charge in [0.25, 0.3) is 0 Å². The maximum absolute atomic E-state index is 12.0. The minimum absolute atomic E-state index is 0.225. The summed E-state index contributed by atoms with van der Waals surface area (Å²) in [6.07, 6.45) is 2.17. The van der Waals surface area contributed by atoms with Crippen molar-refractivity contribution in [3.8, 4) is 0 Å². The summed E-state index contributed by atoms with van der Waals surface area (Å²) in [6, 6.07) is 9.39. The fraction of sp³-hybridized carbons (Fsp3) is 0.417. The zero-order valence-corrected chi connectivity index (χ0v) is 21.8. The number of aliphatic imine (C=N–C) groups is 2. The maximum Gasteiger partial charge on any atom is 0.412 e. The lowest BCUT2D eigenvalue weighted by Crippen LogP contribution is -2.27. The van der Waals surface area contributed by atoms with Gasteiger partial charge in [0.15, 0.2) is 5.82 Å². The first-order valence-corrected chi connectivity index (χ1v) is 12.0. The number of nitrogens with one attached hydrogen (secondary N) is 2. The normalized spacial score (nSPS) is 14.2. The Balaban J connectivity index is 2.12. The van der Waals surface area contributed by atoms with Gasteiger partial charge in [0.1, 0.15) is 10.8 Å². The van der Waals surface area contributed by atoms with Crippen LogP contribution in [-0.4, -0.2) is 32.6 Å². The summed E-state index contributed by atoms with van der Waals surface area (Å²) in [5.41, 5.74) is 1.77. The first-order chi connectivity index (χ1) is 15.4. The molecular formula is C24H32ClN5O2S. The summed E-state index contributed by atoms with van der Waals surface area (Å²) in [7, 11) is 0. The average Bonchev–Trinajstić information content (AvgIpc) is 3.11. The highest BCUT2D eigenvalue weighted by atomic mass is 35.5. The van der Waals surface area contributed by atoms with E-state index in [0.29, 0.717) is 22.4 Å². The van der Waals surface area contributed by atoms with E-state index >= 15 is 0 Å². The molecule has 1 aromatic heterocycles. The Morgan fingerprint density at radius 3 is 2.55 bits per heavy atom. The highest BCUT2D eigenvalue weighted by Crippen LogP contribution is 2.28. The Hall–Kier alpha value is -2.58. The van der Waals surface area contributed by atoms with Crippen LogP contribution in [0.2, 0.25) is 0 Å². The van der Waals surface area contributed by atoms with Gasteiger partial charge >= 0.3 is 6.09 Å². The lowest BCUT2D eigenvalue weighted by atomic mass is 10.1. The summed E-state index contributed by atoms with van der Waals surface area (Å²) < 4.78 is 5.29. The van der Waals surface area contributed by atoms with Crippen molar-refractivity contribution in [3.63, 3.8) is 0 Å². The number of allylic oxidation sites excluding steroid dienone is 1. The number of thioether (sulfide) groups is 1. The predicted molar refractivity (Wildman–Crippen MR) is 139 cm³/mol. The molecule has 0 aliphatic heterocycles. The molecule has 1 amide bonds. The van der Waals surface area contributed by atoms with E-state index in [1.54, 1.807) is 17.8 Å². The third-order valence-electron chi connectivity index (χ3n) is 4.28. The maximum atomic E-state index is 12.0. The quantitative estimate of drug-likeness (QED) is 0.182. The van der Waals surface area contributed by atoms with Crippen molar-refractivity contribution >= 4 is 51.7 Å². The van der Waals surface area contributed by atoms with Crippen LogP contribution in [-0.2, 0) is 4.74 Å². The van der Waals surface area contributed by atoms with Crippen LogP contribution in [0, 0.1) is 12.8 Å². The van der Waals surface area contributed by atoms with Crippen molar-refractivity contribution in [2.45, 2.75) is 65.4 Å². The Labute approximate surface area is 205 Å². The van der Waals surface area contributed by atoms with Gasteiger partial charge in [-0.15, -0.1) is 0 Å². The number of hydrogen-bond acceptors (Lipinski definition) is 6. The van der Waals surface area contributed by atoms with Gasteiger partial charge in [-0.1, -0.05) is 37.2 Å². The Morgan fingerprint density at radius 2 is 2.00 bits per heavy atom. The van der Waals surface area contributed by atoms with Crippen LogP contribution in [0.25, 0.3) is 0 Å². The van der Waals surface area contributed by atoms with Gasteiger partial charge in [-0.05, 0) is 71.4 Å². The molecule has 1 aromatic carbocycles. The second-order valence-electron chi connectivity index (χ2n) is 8.64. The van der Waals surface area contributed by atoms with E-state index in [1.807, 2.05) is 65.0 Å². The topological polar surface area (TPSA) is 91.7 Å². The molecule has 7 nitrogen and oxygen atoms in total. The number of benzene rings is 1. The molecule has 1 unspecified atom stereocenters. The fourth-order valence-electron chi connectivity index (χ4n) is 2.54. The first kappa shape index (κ1) is 26.7. The van der Waals surface area contributed by atoms with Gasteiger partial charge in [-0.25, -0.2) is 14.8 Å². The number of halogens is 1. The van der Waals surface area contributed by atoms with Crippen molar-refractivity contribution in [1.29, 1.82) is 0 Å². The molecule has 2 N–H and O–H groups in total. The van der Waals surface area contributed by atoms with Crippen molar-refractivity contribution in [3.05, 3.63) is 47.3 Å². The summed E-state index contributed by atoms with van der Waals surface area (Å²) in [6.45, 7) is 13.5. The number of nitrogens with zero attached hydrogens (tertiary/aromatic N) is 3. The molecule has 178 valence electrons. The van der Waals surface area contributed by atoms with Gasteiger partial charge in [-0.2, -0.15) is 5.10 Å². The molecule has 33 heavy (non-hydrogen) atoms. The van der Waals surface area contributed by atoms with E-state index in [-0.39, 0.29) is 5.92 Å². The number of aromatic amines is 1. The summed E-state index contributed by atoms with van der Waals surface area (Å²) >= 11 is 7.98. The smallest absolute Gasteiger partial charge is 0.412 e. The number of hydrogen-bond donors (Lipinski definition) is 2. The number of H-pyrrole nitrogens is 1. The van der Waals surface area contributed by atoms with E-state index in [9.17, 15) is 4.79 Å².